The molecule has 108 valence electrons. The number of furan rings is 1. The number of hydrogen-bond acceptors (Lipinski definition) is 4. The molecular formula is C13H22N2O3S. The normalized spacial score (nSPS) is 24.5. The molecule has 5 nitrogen and oxygen atoms in total. The van der Waals surface area contributed by atoms with Crippen LogP contribution < -0.4 is 10.5 Å². The molecule has 1 aromatic heterocycles. The largest absolute Gasteiger partial charge is 0.447 e. The molecule has 3 N–H and O–H groups in total. The van der Waals surface area contributed by atoms with Gasteiger partial charge in [-0.1, -0.05) is 19.8 Å². The molecule has 1 aliphatic rings. The van der Waals surface area contributed by atoms with E-state index >= 15 is 0 Å². The van der Waals surface area contributed by atoms with E-state index in [9.17, 15) is 8.42 Å². The van der Waals surface area contributed by atoms with Crippen molar-refractivity contribution in [3.8, 4) is 0 Å². The Hall–Kier alpha value is -0.850. The fourth-order valence-electron chi connectivity index (χ4n) is 2.54. The van der Waals surface area contributed by atoms with Gasteiger partial charge in [0.15, 0.2) is 0 Å². The van der Waals surface area contributed by atoms with Gasteiger partial charge >= 0.3 is 0 Å². The van der Waals surface area contributed by atoms with Gasteiger partial charge in [-0.05, 0) is 43.4 Å². The quantitative estimate of drug-likeness (QED) is 0.865. The van der Waals surface area contributed by atoms with Crippen molar-refractivity contribution in [1.82, 2.24) is 5.32 Å². The predicted molar refractivity (Wildman–Crippen MR) is 72.9 cm³/mol. The molecular weight excluding hydrogens is 264 g/mol. The first kappa shape index (κ1) is 14.6. The molecule has 1 aliphatic carbocycles. The van der Waals surface area contributed by atoms with Crippen LogP contribution in [0, 0.1) is 11.8 Å². The number of primary sulfonamides is 1. The van der Waals surface area contributed by atoms with E-state index in [-0.39, 0.29) is 5.09 Å². The highest BCUT2D eigenvalue weighted by Gasteiger charge is 2.18. The maximum Gasteiger partial charge on any atom is 0.271 e. The van der Waals surface area contributed by atoms with Crippen molar-refractivity contribution >= 4 is 10.0 Å². The standard InChI is InChI=1S/C13H22N2O3S/c1-10-2-4-11(5-3-10)8-15-9-12-6-7-13(18-12)19(14,16)17/h6-7,10-11,15H,2-5,8-9H2,1H3,(H2,14,16,17). The SMILES string of the molecule is CC1CCC(CNCc2ccc(S(N)(=O)=O)o2)CC1. The Bertz CT molecular complexity index is 502. The van der Waals surface area contributed by atoms with Gasteiger partial charge in [-0.3, -0.25) is 0 Å². The smallest absolute Gasteiger partial charge is 0.271 e. The topological polar surface area (TPSA) is 85.3 Å². The lowest BCUT2D eigenvalue weighted by atomic mass is 9.83. The van der Waals surface area contributed by atoms with Crippen molar-refractivity contribution < 1.29 is 12.8 Å². The van der Waals surface area contributed by atoms with Gasteiger partial charge in [0.1, 0.15) is 5.76 Å². The van der Waals surface area contributed by atoms with Crippen molar-refractivity contribution in [2.24, 2.45) is 17.0 Å². The lowest BCUT2D eigenvalue weighted by molar-refractivity contribution is 0.278. The second kappa shape index (κ2) is 6.07. The highest BCUT2D eigenvalue weighted by atomic mass is 32.2. The summed E-state index contributed by atoms with van der Waals surface area (Å²) < 4.78 is 27.3. The van der Waals surface area contributed by atoms with Crippen molar-refractivity contribution in [3.05, 3.63) is 17.9 Å². The molecule has 0 atom stereocenters. The van der Waals surface area contributed by atoms with Crippen LogP contribution in [0.4, 0.5) is 0 Å². The third-order valence-electron chi connectivity index (χ3n) is 3.79. The maximum atomic E-state index is 11.1. The highest BCUT2D eigenvalue weighted by molar-refractivity contribution is 7.89. The van der Waals surface area contributed by atoms with Crippen LogP contribution in [0.2, 0.25) is 0 Å². The van der Waals surface area contributed by atoms with E-state index in [1.54, 1.807) is 6.07 Å². The van der Waals surface area contributed by atoms with E-state index in [1.807, 2.05) is 0 Å². The Kier molecular flexibility index (Phi) is 4.65. The fraction of sp³-hybridized carbons (Fsp3) is 0.692. The van der Waals surface area contributed by atoms with Gasteiger partial charge < -0.3 is 9.73 Å². The van der Waals surface area contributed by atoms with Crippen LogP contribution in [0.25, 0.3) is 0 Å². The van der Waals surface area contributed by atoms with E-state index in [0.717, 1.165) is 18.4 Å². The van der Waals surface area contributed by atoms with Crippen molar-refractivity contribution in [2.45, 2.75) is 44.2 Å². The molecule has 0 radical (unpaired) electrons. The molecule has 0 amide bonds. The molecule has 2 rings (SSSR count). The molecule has 0 aromatic carbocycles. The summed E-state index contributed by atoms with van der Waals surface area (Å²) >= 11 is 0. The lowest BCUT2D eigenvalue weighted by Gasteiger charge is -2.26. The second-order valence-corrected chi connectivity index (χ2v) is 7.01. The number of sulfonamides is 1. The van der Waals surface area contributed by atoms with E-state index in [0.29, 0.717) is 12.3 Å². The van der Waals surface area contributed by atoms with Gasteiger partial charge in [-0.25, -0.2) is 13.6 Å². The summed E-state index contributed by atoms with van der Waals surface area (Å²) in [5.41, 5.74) is 0. The average molecular weight is 286 g/mol. The van der Waals surface area contributed by atoms with E-state index in [1.165, 1.54) is 31.7 Å². The summed E-state index contributed by atoms with van der Waals surface area (Å²) in [6, 6.07) is 3.05. The van der Waals surface area contributed by atoms with Crippen LogP contribution in [0.1, 0.15) is 38.4 Å². The molecule has 0 aliphatic heterocycles. The van der Waals surface area contributed by atoms with Crippen LogP contribution >= 0.6 is 0 Å². The molecule has 19 heavy (non-hydrogen) atoms. The highest BCUT2D eigenvalue weighted by Crippen LogP contribution is 2.27. The lowest BCUT2D eigenvalue weighted by Crippen LogP contribution is -2.25. The Labute approximate surface area is 114 Å². The predicted octanol–water partition coefficient (Wildman–Crippen LogP) is 1.84. The van der Waals surface area contributed by atoms with Crippen LogP contribution in [-0.4, -0.2) is 15.0 Å². The molecule has 1 aromatic rings. The number of nitrogens with two attached hydrogens (primary N) is 1. The minimum atomic E-state index is -3.73. The average Bonchev–Trinajstić information content (AvgIpc) is 2.80. The minimum Gasteiger partial charge on any atom is -0.447 e. The zero-order chi connectivity index (χ0) is 13.9. The number of hydrogen-bond donors (Lipinski definition) is 2. The summed E-state index contributed by atoms with van der Waals surface area (Å²) in [6.07, 6.45) is 5.16. The van der Waals surface area contributed by atoms with Crippen LogP contribution in [-0.2, 0) is 16.6 Å². The first-order chi connectivity index (χ1) is 8.95. The first-order valence-corrected chi connectivity index (χ1v) is 8.32. The second-order valence-electron chi connectivity index (χ2n) is 5.52. The zero-order valence-electron chi connectivity index (χ0n) is 11.3. The van der Waals surface area contributed by atoms with E-state index < -0.39 is 10.0 Å². The maximum absolute atomic E-state index is 11.1. The molecule has 0 spiro atoms. The van der Waals surface area contributed by atoms with E-state index in [2.05, 4.69) is 12.2 Å². The van der Waals surface area contributed by atoms with Gasteiger partial charge in [0, 0.05) is 0 Å². The summed E-state index contributed by atoms with van der Waals surface area (Å²) in [6.45, 7) is 3.81. The zero-order valence-corrected chi connectivity index (χ0v) is 12.1. The van der Waals surface area contributed by atoms with E-state index in [4.69, 9.17) is 9.56 Å². The van der Waals surface area contributed by atoms with Crippen molar-refractivity contribution in [3.63, 3.8) is 0 Å². The molecule has 1 fully saturated rings. The Morgan fingerprint density at radius 3 is 2.58 bits per heavy atom. The van der Waals surface area contributed by atoms with Crippen molar-refractivity contribution in [2.75, 3.05) is 6.54 Å². The van der Waals surface area contributed by atoms with Gasteiger partial charge in [0.25, 0.3) is 10.0 Å². The fourth-order valence-corrected chi connectivity index (χ4v) is 3.02. The molecule has 0 bridgehead atoms. The van der Waals surface area contributed by atoms with Gasteiger partial charge in [0.2, 0.25) is 5.09 Å². The minimum absolute atomic E-state index is 0.171. The van der Waals surface area contributed by atoms with Gasteiger partial charge in [-0.15, -0.1) is 0 Å². The summed E-state index contributed by atoms with van der Waals surface area (Å²) in [7, 11) is -3.73. The Morgan fingerprint density at radius 1 is 1.32 bits per heavy atom. The Balaban J connectivity index is 1.75. The monoisotopic (exact) mass is 286 g/mol. The number of nitrogens with one attached hydrogen (secondary N) is 1. The summed E-state index contributed by atoms with van der Waals surface area (Å²) in [5.74, 6) is 2.19. The van der Waals surface area contributed by atoms with Gasteiger partial charge in [0.05, 0.1) is 6.54 Å². The van der Waals surface area contributed by atoms with Crippen LogP contribution in [0.15, 0.2) is 21.6 Å². The van der Waals surface area contributed by atoms with Crippen molar-refractivity contribution in [1.29, 1.82) is 0 Å². The first-order valence-electron chi connectivity index (χ1n) is 6.77. The molecule has 0 saturated heterocycles. The molecule has 0 unspecified atom stereocenters. The molecule has 1 saturated carbocycles. The molecule has 1 heterocycles. The van der Waals surface area contributed by atoms with Gasteiger partial charge in [-0.2, -0.15) is 0 Å². The third kappa shape index (κ3) is 4.33. The third-order valence-corrected chi connectivity index (χ3v) is 4.57. The Morgan fingerprint density at radius 2 is 2.00 bits per heavy atom. The number of rotatable bonds is 5. The van der Waals surface area contributed by atoms with Crippen LogP contribution in [0.3, 0.4) is 0 Å². The van der Waals surface area contributed by atoms with Crippen LogP contribution in [0.5, 0.6) is 0 Å². The summed E-state index contributed by atoms with van der Waals surface area (Å²) in [4.78, 5) is 0. The summed E-state index contributed by atoms with van der Waals surface area (Å²) in [5, 5.41) is 8.14. The molecule has 6 heteroatoms.